The Labute approximate surface area is 165 Å². The number of fused-ring (bicyclic) bond motifs is 1. The SMILES string of the molecule is CN(C(=O)c1ccccc1OC1CN(C(=O)O)C1)N1C(=O)c2ccccc2C1=O. The first-order valence-electron chi connectivity index (χ1n) is 8.88. The number of amides is 4. The van der Waals surface area contributed by atoms with Crippen LogP contribution < -0.4 is 4.74 Å². The van der Waals surface area contributed by atoms with E-state index >= 15 is 0 Å². The number of hydrazine groups is 1. The van der Waals surface area contributed by atoms with Crippen molar-refractivity contribution in [3.8, 4) is 5.75 Å². The monoisotopic (exact) mass is 395 g/mol. The van der Waals surface area contributed by atoms with Crippen molar-refractivity contribution in [2.75, 3.05) is 20.1 Å². The fourth-order valence-corrected chi connectivity index (χ4v) is 3.31. The number of carboxylic acid groups (broad SMARTS) is 1. The van der Waals surface area contributed by atoms with Crippen molar-refractivity contribution in [1.29, 1.82) is 0 Å². The number of rotatable bonds is 4. The van der Waals surface area contributed by atoms with Gasteiger partial charge in [0.05, 0.1) is 29.8 Å². The number of benzene rings is 2. The van der Waals surface area contributed by atoms with Gasteiger partial charge in [-0.2, -0.15) is 5.01 Å². The van der Waals surface area contributed by atoms with Gasteiger partial charge in [-0.1, -0.05) is 24.3 Å². The minimum Gasteiger partial charge on any atom is -0.486 e. The second-order valence-corrected chi connectivity index (χ2v) is 6.72. The molecule has 0 unspecified atom stereocenters. The van der Waals surface area contributed by atoms with Crippen molar-refractivity contribution in [3.63, 3.8) is 0 Å². The lowest BCUT2D eigenvalue weighted by atomic mass is 10.1. The van der Waals surface area contributed by atoms with Crippen molar-refractivity contribution >= 4 is 23.8 Å². The molecular weight excluding hydrogens is 378 g/mol. The summed E-state index contributed by atoms with van der Waals surface area (Å²) in [4.78, 5) is 50.4. The Morgan fingerprint density at radius 1 is 1.00 bits per heavy atom. The largest absolute Gasteiger partial charge is 0.486 e. The third kappa shape index (κ3) is 3.06. The molecule has 0 aromatic heterocycles. The Morgan fingerprint density at radius 2 is 1.55 bits per heavy atom. The molecule has 0 atom stereocenters. The minimum absolute atomic E-state index is 0.167. The van der Waals surface area contributed by atoms with Crippen LogP contribution in [-0.4, -0.2) is 70.1 Å². The molecule has 148 valence electrons. The summed E-state index contributed by atoms with van der Waals surface area (Å²) in [5.41, 5.74) is 0.648. The van der Waals surface area contributed by atoms with Crippen molar-refractivity contribution in [1.82, 2.24) is 14.9 Å². The van der Waals surface area contributed by atoms with Crippen LogP contribution in [0.1, 0.15) is 31.1 Å². The third-order valence-electron chi connectivity index (χ3n) is 4.90. The van der Waals surface area contributed by atoms with Gasteiger partial charge in [0, 0.05) is 7.05 Å². The number of carbonyl (C=O) groups excluding carboxylic acids is 3. The van der Waals surface area contributed by atoms with Crippen LogP contribution in [0.4, 0.5) is 4.79 Å². The Kier molecular flexibility index (Phi) is 4.42. The molecule has 0 aliphatic carbocycles. The summed E-state index contributed by atoms with van der Waals surface area (Å²) >= 11 is 0. The highest BCUT2D eigenvalue weighted by Gasteiger charge is 2.40. The van der Waals surface area contributed by atoms with Gasteiger partial charge in [0.25, 0.3) is 17.7 Å². The van der Waals surface area contributed by atoms with Crippen molar-refractivity contribution < 1.29 is 29.0 Å². The maximum absolute atomic E-state index is 13.1. The Balaban J connectivity index is 1.54. The molecule has 29 heavy (non-hydrogen) atoms. The van der Waals surface area contributed by atoms with Crippen molar-refractivity contribution in [2.24, 2.45) is 0 Å². The second kappa shape index (κ2) is 6.93. The molecule has 0 bridgehead atoms. The highest BCUT2D eigenvalue weighted by molar-refractivity contribution is 6.22. The summed E-state index contributed by atoms with van der Waals surface area (Å²) < 4.78 is 5.77. The summed E-state index contributed by atoms with van der Waals surface area (Å²) in [7, 11) is 1.34. The van der Waals surface area contributed by atoms with E-state index in [1.807, 2.05) is 0 Å². The summed E-state index contributed by atoms with van der Waals surface area (Å²) in [6.45, 7) is 0.401. The molecule has 1 fully saturated rings. The minimum atomic E-state index is -1.03. The number of likely N-dealkylation sites (tertiary alicyclic amines) is 1. The first-order valence-corrected chi connectivity index (χ1v) is 8.88. The molecule has 2 aliphatic rings. The standard InChI is InChI=1S/C20H17N3O6/c1-21(23-18(25)13-6-2-3-7-14(13)19(23)26)17(24)15-8-4-5-9-16(15)29-12-10-22(11-12)20(27)28/h2-9,12H,10-11H2,1H3,(H,27,28). The lowest BCUT2D eigenvalue weighted by Gasteiger charge is -2.37. The fraction of sp³-hybridized carbons (Fsp3) is 0.200. The molecule has 2 aromatic carbocycles. The summed E-state index contributed by atoms with van der Waals surface area (Å²) in [6, 6.07) is 12.8. The van der Waals surface area contributed by atoms with Gasteiger partial charge in [0.15, 0.2) is 0 Å². The summed E-state index contributed by atoms with van der Waals surface area (Å²) in [5, 5.41) is 10.7. The van der Waals surface area contributed by atoms with Crippen LogP contribution in [0.2, 0.25) is 0 Å². The number of para-hydroxylation sites is 1. The molecule has 4 rings (SSSR count). The topological polar surface area (TPSA) is 107 Å². The summed E-state index contributed by atoms with van der Waals surface area (Å²) in [5.74, 6) is -1.48. The van der Waals surface area contributed by atoms with E-state index < -0.39 is 23.8 Å². The quantitative estimate of drug-likeness (QED) is 0.790. The lowest BCUT2D eigenvalue weighted by molar-refractivity contribution is 0.0111. The highest BCUT2D eigenvalue weighted by atomic mass is 16.5. The number of hydrogen-bond donors (Lipinski definition) is 1. The van der Waals surface area contributed by atoms with Crippen molar-refractivity contribution in [2.45, 2.75) is 6.10 Å². The maximum Gasteiger partial charge on any atom is 0.407 e. The van der Waals surface area contributed by atoms with Crippen LogP contribution in [0.15, 0.2) is 48.5 Å². The second-order valence-electron chi connectivity index (χ2n) is 6.72. The predicted octanol–water partition coefficient (Wildman–Crippen LogP) is 1.71. The third-order valence-corrected chi connectivity index (χ3v) is 4.90. The molecule has 2 aliphatic heterocycles. The number of hydrogen-bond acceptors (Lipinski definition) is 5. The highest BCUT2D eigenvalue weighted by Crippen LogP contribution is 2.27. The molecule has 1 N–H and O–H groups in total. The summed E-state index contributed by atoms with van der Waals surface area (Å²) in [6.07, 6.45) is -1.40. The van der Waals surface area contributed by atoms with Crippen LogP contribution in [0.25, 0.3) is 0 Å². The van der Waals surface area contributed by atoms with Crippen LogP contribution in [0.3, 0.4) is 0 Å². The zero-order valence-corrected chi connectivity index (χ0v) is 15.4. The predicted molar refractivity (Wildman–Crippen MR) is 99.5 cm³/mol. The fourth-order valence-electron chi connectivity index (χ4n) is 3.31. The van der Waals surface area contributed by atoms with E-state index in [4.69, 9.17) is 9.84 Å². The maximum atomic E-state index is 13.1. The molecule has 4 amide bonds. The number of imide groups is 1. The first-order chi connectivity index (χ1) is 13.9. The van der Waals surface area contributed by atoms with E-state index in [0.29, 0.717) is 0 Å². The molecule has 9 nitrogen and oxygen atoms in total. The van der Waals surface area contributed by atoms with Crippen LogP contribution in [-0.2, 0) is 0 Å². The smallest absolute Gasteiger partial charge is 0.407 e. The number of carbonyl (C=O) groups is 4. The van der Waals surface area contributed by atoms with Gasteiger partial charge in [-0.3, -0.25) is 14.4 Å². The lowest BCUT2D eigenvalue weighted by Crippen LogP contribution is -2.55. The normalized spacial score (nSPS) is 15.8. The van der Waals surface area contributed by atoms with Gasteiger partial charge in [0.1, 0.15) is 11.9 Å². The molecule has 0 radical (unpaired) electrons. The van der Waals surface area contributed by atoms with Gasteiger partial charge < -0.3 is 14.7 Å². The average Bonchev–Trinajstić information content (AvgIpc) is 2.94. The molecule has 0 saturated carbocycles. The molecular formula is C20H17N3O6. The van der Waals surface area contributed by atoms with Crippen LogP contribution in [0, 0.1) is 0 Å². The van der Waals surface area contributed by atoms with E-state index in [1.165, 1.54) is 30.1 Å². The van der Waals surface area contributed by atoms with E-state index in [0.717, 1.165) is 10.0 Å². The van der Waals surface area contributed by atoms with E-state index in [-0.39, 0.29) is 41.6 Å². The average molecular weight is 395 g/mol. The van der Waals surface area contributed by atoms with Gasteiger partial charge in [-0.15, -0.1) is 0 Å². The van der Waals surface area contributed by atoms with Gasteiger partial charge in [0.2, 0.25) is 0 Å². The van der Waals surface area contributed by atoms with E-state index in [1.54, 1.807) is 30.3 Å². The van der Waals surface area contributed by atoms with Gasteiger partial charge in [-0.05, 0) is 24.3 Å². The Morgan fingerprint density at radius 3 is 2.14 bits per heavy atom. The Bertz CT molecular complexity index is 995. The first kappa shape index (κ1) is 18.5. The molecule has 1 saturated heterocycles. The molecule has 2 heterocycles. The van der Waals surface area contributed by atoms with Gasteiger partial charge in [-0.25, -0.2) is 9.80 Å². The van der Waals surface area contributed by atoms with E-state index in [9.17, 15) is 19.2 Å². The molecule has 0 spiro atoms. The molecule has 9 heteroatoms. The molecule has 2 aromatic rings. The number of nitrogens with zero attached hydrogens (tertiary/aromatic N) is 3. The van der Waals surface area contributed by atoms with Crippen LogP contribution >= 0.6 is 0 Å². The van der Waals surface area contributed by atoms with Gasteiger partial charge >= 0.3 is 6.09 Å². The zero-order valence-electron chi connectivity index (χ0n) is 15.4. The number of ether oxygens (including phenoxy) is 1. The zero-order chi connectivity index (χ0) is 20.7. The van der Waals surface area contributed by atoms with Crippen molar-refractivity contribution in [3.05, 3.63) is 65.2 Å². The van der Waals surface area contributed by atoms with Crippen LogP contribution in [0.5, 0.6) is 5.75 Å². The Hall–Kier alpha value is -3.88. The van der Waals surface area contributed by atoms with E-state index in [2.05, 4.69) is 0 Å².